The third kappa shape index (κ3) is 2.79. The molecule has 0 saturated heterocycles. The topological polar surface area (TPSA) is 66.8 Å². The van der Waals surface area contributed by atoms with Crippen molar-refractivity contribution in [2.45, 2.75) is 13.3 Å². The van der Waals surface area contributed by atoms with Crippen LogP contribution in [-0.4, -0.2) is 23.3 Å². The quantitative estimate of drug-likeness (QED) is 0.853. The number of phenols is 1. The van der Waals surface area contributed by atoms with Crippen molar-refractivity contribution in [1.82, 2.24) is 0 Å². The van der Waals surface area contributed by atoms with Gasteiger partial charge in [-0.3, -0.25) is 4.79 Å². The molecule has 0 aliphatic rings. The third-order valence-electron chi connectivity index (χ3n) is 2.26. The number of phenolic OH excluding ortho intramolecular Hbond substituents is 1. The van der Waals surface area contributed by atoms with E-state index in [0.29, 0.717) is 17.7 Å². The van der Waals surface area contributed by atoms with Gasteiger partial charge in [-0.05, 0) is 24.1 Å². The van der Waals surface area contributed by atoms with Gasteiger partial charge < -0.3 is 14.9 Å². The van der Waals surface area contributed by atoms with Crippen LogP contribution in [0.1, 0.15) is 12.5 Å². The number of carboxylic acid groups (broad SMARTS) is 1. The average molecular weight is 245 g/mol. The van der Waals surface area contributed by atoms with Crippen LogP contribution in [0.15, 0.2) is 12.1 Å². The maximum absolute atomic E-state index is 10.7. The van der Waals surface area contributed by atoms with Crippen molar-refractivity contribution in [1.29, 1.82) is 0 Å². The number of carboxylic acids is 1. The summed E-state index contributed by atoms with van der Waals surface area (Å²) in [6.07, 6.45) is 0.316. The van der Waals surface area contributed by atoms with Crippen LogP contribution in [0.25, 0.3) is 0 Å². The van der Waals surface area contributed by atoms with Crippen molar-refractivity contribution in [2.75, 3.05) is 7.11 Å². The van der Waals surface area contributed by atoms with Gasteiger partial charge in [0.2, 0.25) is 0 Å². The van der Waals surface area contributed by atoms with Crippen molar-refractivity contribution < 1.29 is 19.7 Å². The fourth-order valence-corrected chi connectivity index (χ4v) is 1.53. The van der Waals surface area contributed by atoms with Crippen molar-refractivity contribution in [3.63, 3.8) is 0 Å². The van der Waals surface area contributed by atoms with Crippen molar-refractivity contribution in [3.05, 3.63) is 22.7 Å². The molecule has 0 spiro atoms. The van der Waals surface area contributed by atoms with Crippen LogP contribution in [0.3, 0.4) is 0 Å². The van der Waals surface area contributed by atoms with E-state index in [2.05, 4.69) is 0 Å². The molecule has 1 aromatic rings. The van der Waals surface area contributed by atoms with Gasteiger partial charge in [0.1, 0.15) is 16.5 Å². The Balaban J connectivity index is 2.98. The molecule has 0 aromatic heterocycles. The lowest BCUT2D eigenvalue weighted by atomic mass is 10.0. The Hall–Kier alpha value is -1.42. The number of benzene rings is 1. The summed E-state index contributed by atoms with van der Waals surface area (Å²) in [5.41, 5.74) is 0.675. The highest BCUT2D eigenvalue weighted by Crippen LogP contribution is 2.35. The van der Waals surface area contributed by atoms with E-state index in [4.69, 9.17) is 21.4 Å². The highest BCUT2D eigenvalue weighted by atomic mass is 35.5. The third-order valence-corrected chi connectivity index (χ3v) is 2.64. The first-order valence-corrected chi connectivity index (χ1v) is 5.11. The average Bonchev–Trinajstić information content (AvgIpc) is 2.22. The van der Waals surface area contributed by atoms with Gasteiger partial charge >= 0.3 is 5.97 Å². The van der Waals surface area contributed by atoms with Crippen molar-refractivity contribution >= 4 is 17.6 Å². The maximum Gasteiger partial charge on any atom is 0.306 e. The molecular formula is C11H13ClO4. The molecule has 0 heterocycles. The molecule has 0 fully saturated rings. The Morgan fingerprint density at radius 3 is 2.69 bits per heavy atom. The minimum atomic E-state index is -0.881. The maximum atomic E-state index is 10.7. The van der Waals surface area contributed by atoms with Crippen LogP contribution < -0.4 is 4.74 Å². The molecule has 0 saturated carbocycles. The standard InChI is InChI=1S/C11H13ClO4/c1-6(11(14)15)3-7-4-8(13)10(12)9(5-7)16-2/h4-6,13H,3H2,1-2H3,(H,14,15). The van der Waals surface area contributed by atoms with Crippen LogP contribution in [-0.2, 0) is 11.2 Å². The summed E-state index contributed by atoms with van der Waals surface area (Å²) in [4.78, 5) is 10.7. The Bertz CT molecular complexity index is 403. The normalized spacial score (nSPS) is 12.2. The molecule has 0 bridgehead atoms. The zero-order chi connectivity index (χ0) is 12.3. The van der Waals surface area contributed by atoms with E-state index in [9.17, 15) is 9.90 Å². The van der Waals surface area contributed by atoms with E-state index in [1.807, 2.05) is 0 Å². The first-order chi connectivity index (χ1) is 7.45. The molecule has 1 atom stereocenters. The highest BCUT2D eigenvalue weighted by Gasteiger charge is 2.15. The lowest BCUT2D eigenvalue weighted by molar-refractivity contribution is -0.141. The lowest BCUT2D eigenvalue weighted by Gasteiger charge is -2.10. The molecule has 88 valence electrons. The fourth-order valence-electron chi connectivity index (χ4n) is 1.35. The number of rotatable bonds is 4. The largest absolute Gasteiger partial charge is 0.506 e. The molecule has 1 unspecified atom stereocenters. The van der Waals surface area contributed by atoms with Crippen LogP contribution in [0, 0.1) is 5.92 Å². The van der Waals surface area contributed by atoms with Gasteiger partial charge in [-0.1, -0.05) is 18.5 Å². The van der Waals surface area contributed by atoms with Gasteiger partial charge in [-0.2, -0.15) is 0 Å². The van der Waals surface area contributed by atoms with Gasteiger partial charge in [0.15, 0.2) is 0 Å². The van der Waals surface area contributed by atoms with Crippen LogP contribution >= 0.6 is 11.6 Å². The van der Waals surface area contributed by atoms with Crippen molar-refractivity contribution in [3.8, 4) is 11.5 Å². The van der Waals surface area contributed by atoms with Crippen LogP contribution in [0.5, 0.6) is 11.5 Å². The van der Waals surface area contributed by atoms with Crippen molar-refractivity contribution in [2.24, 2.45) is 5.92 Å². The number of methoxy groups -OCH3 is 1. The predicted octanol–water partition coefficient (Wildman–Crippen LogP) is 2.32. The predicted molar refractivity (Wildman–Crippen MR) is 60.2 cm³/mol. The second-order valence-electron chi connectivity index (χ2n) is 3.57. The molecule has 1 rings (SSSR count). The molecule has 1 aromatic carbocycles. The van der Waals surface area contributed by atoms with Gasteiger partial charge in [0.25, 0.3) is 0 Å². The van der Waals surface area contributed by atoms with Gasteiger partial charge in [-0.25, -0.2) is 0 Å². The zero-order valence-electron chi connectivity index (χ0n) is 9.03. The molecule has 0 amide bonds. The number of aliphatic carboxylic acids is 1. The van der Waals surface area contributed by atoms with Crippen LogP contribution in [0.4, 0.5) is 0 Å². The minimum absolute atomic E-state index is 0.103. The molecule has 0 radical (unpaired) electrons. The number of hydrogen-bond acceptors (Lipinski definition) is 3. The molecular weight excluding hydrogens is 232 g/mol. The molecule has 5 heteroatoms. The number of aromatic hydroxyl groups is 1. The first-order valence-electron chi connectivity index (χ1n) is 4.74. The second kappa shape index (κ2) is 5.07. The number of carbonyl (C=O) groups is 1. The number of halogens is 1. The summed E-state index contributed by atoms with van der Waals surface area (Å²) < 4.78 is 4.97. The molecule has 4 nitrogen and oxygen atoms in total. The highest BCUT2D eigenvalue weighted by molar-refractivity contribution is 6.33. The van der Waals surface area contributed by atoms with Gasteiger partial charge in [0, 0.05) is 0 Å². The van der Waals surface area contributed by atoms with E-state index in [-0.39, 0.29) is 10.8 Å². The van der Waals surface area contributed by atoms with Gasteiger partial charge in [0.05, 0.1) is 13.0 Å². The fraction of sp³-hybridized carbons (Fsp3) is 0.364. The molecule has 16 heavy (non-hydrogen) atoms. The first kappa shape index (κ1) is 12.6. The minimum Gasteiger partial charge on any atom is -0.506 e. The Morgan fingerprint density at radius 1 is 1.56 bits per heavy atom. The SMILES string of the molecule is COc1cc(CC(C)C(=O)O)cc(O)c1Cl. The van der Waals surface area contributed by atoms with E-state index in [0.717, 1.165) is 0 Å². The number of hydrogen-bond donors (Lipinski definition) is 2. The van der Waals surface area contributed by atoms with Crippen LogP contribution in [0.2, 0.25) is 5.02 Å². The van der Waals surface area contributed by atoms with E-state index >= 15 is 0 Å². The van der Waals surface area contributed by atoms with E-state index in [1.165, 1.54) is 13.2 Å². The lowest BCUT2D eigenvalue weighted by Crippen LogP contribution is -2.12. The Labute approximate surface area is 98.4 Å². The summed E-state index contributed by atoms with van der Waals surface area (Å²) >= 11 is 5.77. The molecule has 2 N–H and O–H groups in total. The molecule has 0 aliphatic carbocycles. The van der Waals surface area contributed by atoms with Gasteiger partial charge in [-0.15, -0.1) is 0 Å². The molecule has 0 aliphatic heterocycles. The summed E-state index contributed by atoms with van der Waals surface area (Å²) in [7, 11) is 1.44. The smallest absolute Gasteiger partial charge is 0.306 e. The van der Waals surface area contributed by atoms with E-state index < -0.39 is 11.9 Å². The summed E-state index contributed by atoms with van der Waals surface area (Å²) in [5, 5.41) is 18.4. The summed E-state index contributed by atoms with van der Waals surface area (Å²) in [6, 6.07) is 3.08. The summed E-state index contributed by atoms with van der Waals surface area (Å²) in [5.74, 6) is -1.17. The second-order valence-corrected chi connectivity index (χ2v) is 3.95. The summed E-state index contributed by atoms with van der Waals surface area (Å²) in [6.45, 7) is 1.60. The Morgan fingerprint density at radius 2 is 2.19 bits per heavy atom. The number of ether oxygens (including phenoxy) is 1. The Kier molecular flexibility index (Phi) is 4.01. The zero-order valence-corrected chi connectivity index (χ0v) is 9.78. The van der Waals surface area contributed by atoms with E-state index in [1.54, 1.807) is 13.0 Å². The monoisotopic (exact) mass is 244 g/mol.